The van der Waals surface area contributed by atoms with Gasteiger partial charge < -0.3 is 16.0 Å². The van der Waals surface area contributed by atoms with Crippen molar-refractivity contribution in [3.63, 3.8) is 0 Å². The van der Waals surface area contributed by atoms with Gasteiger partial charge >= 0.3 is 0 Å². The van der Waals surface area contributed by atoms with Crippen LogP contribution < -0.4 is 15.8 Å². The lowest BCUT2D eigenvalue weighted by molar-refractivity contribution is -0.132. The molecule has 8 nitrogen and oxygen atoms in total. The van der Waals surface area contributed by atoms with Gasteiger partial charge in [0.2, 0.25) is 21.8 Å². The van der Waals surface area contributed by atoms with Crippen molar-refractivity contribution in [1.29, 1.82) is 0 Å². The average Bonchev–Trinajstić information content (AvgIpc) is 2.53. The maximum Gasteiger partial charge on any atom is 0.241 e. The van der Waals surface area contributed by atoms with Gasteiger partial charge in [0.15, 0.2) is 0 Å². The average molecular weight is 385 g/mol. The zero-order chi connectivity index (χ0) is 20.1. The Morgan fingerprint density at radius 3 is 2.23 bits per heavy atom. The summed E-state index contributed by atoms with van der Waals surface area (Å²) in [4.78, 5) is 24.9. The van der Waals surface area contributed by atoms with E-state index in [-0.39, 0.29) is 22.1 Å². The molecule has 0 saturated heterocycles. The monoisotopic (exact) mass is 384 g/mol. The molecule has 0 aliphatic rings. The summed E-state index contributed by atoms with van der Waals surface area (Å²) in [6.45, 7) is 7.55. The number of rotatable bonds is 8. The van der Waals surface area contributed by atoms with Crippen LogP contribution >= 0.6 is 0 Å². The molecule has 1 aromatic carbocycles. The fraction of sp³-hybridized carbons (Fsp3) is 0.529. The van der Waals surface area contributed by atoms with Crippen LogP contribution in [0.25, 0.3) is 0 Å². The van der Waals surface area contributed by atoms with E-state index >= 15 is 0 Å². The summed E-state index contributed by atoms with van der Waals surface area (Å²) in [5.74, 6) is -0.591. The highest BCUT2D eigenvalue weighted by atomic mass is 32.2. The van der Waals surface area contributed by atoms with Gasteiger partial charge in [-0.1, -0.05) is 13.8 Å². The number of hydrogen-bond donors (Lipinski definition) is 3. The van der Waals surface area contributed by atoms with E-state index in [1.807, 2.05) is 13.8 Å². The van der Waals surface area contributed by atoms with Crippen LogP contribution in [0.2, 0.25) is 0 Å². The first-order valence-corrected chi connectivity index (χ1v) is 9.71. The first-order chi connectivity index (χ1) is 11.9. The summed E-state index contributed by atoms with van der Waals surface area (Å²) in [6.07, 6.45) is 0. The second-order valence-electron chi connectivity index (χ2n) is 7.11. The highest BCUT2D eigenvalue weighted by molar-refractivity contribution is 7.89. The highest BCUT2D eigenvalue weighted by Crippen LogP contribution is 2.16. The Morgan fingerprint density at radius 2 is 1.77 bits per heavy atom. The molecule has 146 valence electrons. The molecular formula is C17H28N4O4S. The maximum atomic E-state index is 12.5. The van der Waals surface area contributed by atoms with E-state index in [2.05, 4.69) is 10.0 Å². The molecule has 4 N–H and O–H groups in total. The van der Waals surface area contributed by atoms with Crippen molar-refractivity contribution in [2.75, 3.05) is 25.5 Å². The van der Waals surface area contributed by atoms with E-state index in [4.69, 9.17) is 5.73 Å². The predicted octanol–water partition coefficient (Wildman–Crippen LogP) is 0.755. The third-order valence-electron chi connectivity index (χ3n) is 3.78. The molecule has 1 rings (SSSR count). The molecule has 0 radical (unpaired) electrons. The third-order valence-corrected chi connectivity index (χ3v) is 5.34. The number of hydrogen-bond acceptors (Lipinski definition) is 5. The van der Waals surface area contributed by atoms with Crippen LogP contribution in [0.3, 0.4) is 0 Å². The van der Waals surface area contributed by atoms with Crippen molar-refractivity contribution in [1.82, 2.24) is 9.62 Å². The number of nitrogens with zero attached hydrogens (tertiary/aromatic N) is 1. The lowest BCUT2D eigenvalue weighted by Crippen LogP contribution is -2.48. The van der Waals surface area contributed by atoms with Crippen LogP contribution in [0.4, 0.5) is 5.69 Å². The number of carbonyl (C=O) groups excluding carboxylic acids is 2. The minimum absolute atomic E-state index is 0.0104. The molecule has 1 unspecified atom stereocenters. The zero-order valence-corrected chi connectivity index (χ0v) is 16.7. The van der Waals surface area contributed by atoms with Gasteiger partial charge in [-0.05, 0) is 43.1 Å². The summed E-state index contributed by atoms with van der Waals surface area (Å²) < 4.78 is 27.3. The van der Waals surface area contributed by atoms with Crippen molar-refractivity contribution < 1.29 is 18.0 Å². The van der Waals surface area contributed by atoms with Gasteiger partial charge in [0.25, 0.3) is 0 Å². The lowest BCUT2D eigenvalue weighted by atomic mass is 9.93. The van der Waals surface area contributed by atoms with Crippen molar-refractivity contribution in [2.24, 2.45) is 11.1 Å². The van der Waals surface area contributed by atoms with Gasteiger partial charge in [0, 0.05) is 26.2 Å². The van der Waals surface area contributed by atoms with E-state index < -0.39 is 16.1 Å². The summed E-state index contributed by atoms with van der Waals surface area (Å²) in [5.41, 5.74) is 5.90. The molecule has 9 heteroatoms. The molecule has 26 heavy (non-hydrogen) atoms. The second-order valence-corrected chi connectivity index (χ2v) is 8.83. The number of nitrogens with one attached hydrogen (secondary N) is 2. The Hall–Kier alpha value is -1.97. The Bertz CT molecular complexity index is 745. The van der Waals surface area contributed by atoms with Crippen LogP contribution in [0.5, 0.6) is 0 Å². The molecule has 0 fully saturated rings. The second kappa shape index (κ2) is 8.61. The molecule has 1 atom stereocenters. The van der Waals surface area contributed by atoms with Gasteiger partial charge in [-0.2, -0.15) is 4.72 Å². The first kappa shape index (κ1) is 22.1. The van der Waals surface area contributed by atoms with E-state index in [1.165, 1.54) is 43.0 Å². The van der Waals surface area contributed by atoms with Crippen LogP contribution in [-0.4, -0.2) is 51.3 Å². The van der Waals surface area contributed by atoms with E-state index in [0.29, 0.717) is 18.8 Å². The van der Waals surface area contributed by atoms with Gasteiger partial charge in [0.05, 0.1) is 10.9 Å². The molecule has 0 heterocycles. The Kier molecular flexibility index (Phi) is 7.31. The van der Waals surface area contributed by atoms with Crippen molar-refractivity contribution >= 4 is 27.5 Å². The Balaban J connectivity index is 2.82. The number of likely N-dealkylation sites (N-methyl/N-ethyl adjacent to an activating group) is 1. The van der Waals surface area contributed by atoms with Gasteiger partial charge in [-0.25, -0.2) is 8.42 Å². The predicted molar refractivity (Wildman–Crippen MR) is 101 cm³/mol. The topological polar surface area (TPSA) is 122 Å². The molecule has 0 spiro atoms. The summed E-state index contributed by atoms with van der Waals surface area (Å²) in [7, 11) is -2.25. The van der Waals surface area contributed by atoms with Crippen LogP contribution in [-0.2, 0) is 19.6 Å². The van der Waals surface area contributed by atoms with Crippen molar-refractivity contribution in [2.45, 2.75) is 38.6 Å². The van der Waals surface area contributed by atoms with E-state index in [9.17, 15) is 18.0 Å². The smallest absolute Gasteiger partial charge is 0.241 e. The fourth-order valence-electron chi connectivity index (χ4n) is 2.39. The molecule has 0 bridgehead atoms. The number of benzene rings is 1. The Morgan fingerprint density at radius 1 is 1.23 bits per heavy atom. The summed E-state index contributed by atoms with van der Waals surface area (Å²) in [6, 6.07) is 4.78. The normalized spacial score (nSPS) is 13.2. The molecule has 1 aromatic rings. The van der Waals surface area contributed by atoms with Crippen LogP contribution in [0.15, 0.2) is 29.2 Å². The largest absolute Gasteiger partial charge is 0.344 e. The highest BCUT2D eigenvalue weighted by Gasteiger charge is 2.27. The van der Waals surface area contributed by atoms with E-state index in [1.54, 1.807) is 7.05 Å². The molecular weight excluding hydrogens is 356 g/mol. The quantitative estimate of drug-likeness (QED) is 0.611. The number of carbonyl (C=O) groups is 2. The van der Waals surface area contributed by atoms with Crippen molar-refractivity contribution in [3.8, 4) is 0 Å². The molecule has 2 amide bonds. The van der Waals surface area contributed by atoms with Crippen LogP contribution in [0, 0.1) is 5.41 Å². The Labute approximate surface area is 155 Å². The van der Waals surface area contributed by atoms with Gasteiger partial charge in [0.1, 0.15) is 0 Å². The molecule has 0 saturated carbocycles. The van der Waals surface area contributed by atoms with Crippen molar-refractivity contribution in [3.05, 3.63) is 24.3 Å². The minimum atomic E-state index is -3.87. The standard InChI is InChI=1S/C17H28N4O4S/c1-12(16(23)21(5)11-17(3,4)10-18)20-26(24,25)15-8-6-14(7-9-15)19-13(2)22/h6-9,12,20H,10-11,18H2,1-5H3,(H,19,22). The summed E-state index contributed by atoms with van der Waals surface area (Å²) in [5, 5.41) is 2.56. The van der Waals surface area contributed by atoms with Crippen LogP contribution in [0.1, 0.15) is 27.7 Å². The van der Waals surface area contributed by atoms with Gasteiger partial charge in [-0.15, -0.1) is 0 Å². The summed E-state index contributed by atoms with van der Waals surface area (Å²) >= 11 is 0. The molecule has 0 aliphatic carbocycles. The number of anilines is 1. The SMILES string of the molecule is CC(=O)Nc1ccc(S(=O)(=O)NC(C)C(=O)N(C)CC(C)(C)CN)cc1. The third kappa shape index (κ3) is 6.40. The minimum Gasteiger partial charge on any atom is -0.344 e. The first-order valence-electron chi connectivity index (χ1n) is 8.23. The molecule has 0 aromatic heterocycles. The lowest BCUT2D eigenvalue weighted by Gasteiger charge is -2.30. The van der Waals surface area contributed by atoms with Gasteiger partial charge in [-0.3, -0.25) is 9.59 Å². The number of amides is 2. The number of sulfonamides is 1. The van der Waals surface area contributed by atoms with E-state index in [0.717, 1.165) is 0 Å². The number of nitrogens with two attached hydrogens (primary N) is 1. The molecule has 0 aliphatic heterocycles. The fourth-order valence-corrected chi connectivity index (χ4v) is 3.58. The zero-order valence-electron chi connectivity index (χ0n) is 15.9. The maximum absolute atomic E-state index is 12.5.